The summed E-state index contributed by atoms with van der Waals surface area (Å²) in [6.45, 7) is 10.2. The minimum Gasteiger partial charge on any atom is -0.347 e. The van der Waals surface area contributed by atoms with Crippen molar-refractivity contribution in [3.8, 4) is 0 Å². The van der Waals surface area contributed by atoms with E-state index in [9.17, 15) is 4.79 Å². The number of carbonyl (C=O) groups is 1. The SMILES string of the molecule is CC1=C2CCC3(OCCO3)C(C)C2(C)C(C)CC1=O. The fraction of sp³-hybridized carbons (Fsp3) is 0.812. The number of rotatable bonds is 0. The van der Waals surface area contributed by atoms with Crippen LogP contribution in [0.25, 0.3) is 0 Å². The molecule has 0 aromatic heterocycles. The summed E-state index contributed by atoms with van der Waals surface area (Å²) in [5.41, 5.74) is 2.38. The van der Waals surface area contributed by atoms with Gasteiger partial charge >= 0.3 is 0 Å². The van der Waals surface area contributed by atoms with Crippen molar-refractivity contribution < 1.29 is 14.3 Å². The normalized spacial score (nSPS) is 41.8. The number of carbonyl (C=O) groups excluding carboxylic acids is 1. The van der Waals surface area contributed by atoms with Gasteiger partial charge in [-0.3, -0.25) is 4.79 Å². The summed E-state index contributed by atoms with van der Waals surface area (Å²) in [6.07, 6.45) is 2.48. The third-order valence-corrected chi connectivity index (χ3v) is 6.10. The Morgan fingerprint density at radius 1 is 1.21 bits per heavy atom. The number of fused-ring (bicyclic) bond motifs is 1. The highest BCUT2D eigenvalue weighted by Gasteiger charge is 2.58. The lowest BCUT2D eigenvalue weighted by Gasteiger charge is -2.55. The molecule has 19 heavy (non-hydrogen) atoms. The van der Waals surface area contributed by atoms with Crippen molar-refractivity contribution in [2.75, 3.05) is 13.2 Å². The molecule has 0 bridgehead atoms. The van der Waals surface area contributed by atoms with Crippen LogP contribution in [0.3, 0.4) is 0 Å². The first kappa shape index (κ1) is 13.3. The van der Waals surface area contributed by atoms with Gasteiger partial charge in [0.15, 0.2) is 11.6 Å². The molecule has 1 heterocycles. The Morgan fingerprint density at radius 2 is 1.84 bits per heavy atom. The molecular weight excluding hydrogens is 240 g/mol. The zero-order valence-electron chi connectivity index (χ0n) is 12.4. The van der Waals surface area contributed by atoms with Gasteiger partial charge < -0.3 is 9.47 Å². The number of allylic oxidation sites excluding steroid dienone is 2. The maximum Gasteiger partial charge on any atom is 0.172 e. The van der Waals surface area contributed by atoms with E-state index in [1.54, 1.807) is 0 Å². The molecule has 1 saturated heterocycles. The van der Waals surface area contributed by atoms with E-state index in [4.69, 9.17) is 9.47 Å². The Morgan fingerprint density at radius 3 is 2.47 bits per heavy atom. The Labute approximate surface area is 115 Å². The summed E-state index contributed by atoms with van der Waals surface area (Å²) in [4.78, 5) is 12.1. The van der Waals surface area contributed by atoms with Gasteiger partial charge in [0.1, 0.15) is 0 Å². The molecule has 2 aliphatic carbocycles. The molecule has 106 valence electrons. The Balaban J connectivity index is 2.07. The Hall–Kier alpha value is -0.670. The lowest BCUT2D eigenvalue weighted by atomic mass is 9.53. The lowest BCUT2D eigenvalue weighted by Crippen LogP contribution is -2.55. The van der Waals surface area contributed by atoms with Gasteiger partial charge in [-0.2, -0.15) is 0 Å². The number of ketones is 1. The van der Waals surface area contributed by atoms with Crippen molar-refractivity contribution in [3.05, 3.63) is 11.1 Å². The predicted molar refractivity (Wildman–Crippen MR) is 72.6 cm³/mol. The van der Waals surface area contributed by atoms with Gasteiger partial charge in [-0.25, -0.2) is 0 Å². The highest BCUT2D eigenvalue weighted by molar-refractivity contribution is 5.97. The highest BCUT2D eigenvalue weighted by Crippen LogP contribution is 2.59. The van der Waals surface area contributed by atoms with Crippen molar-refractivity contribution >= 4 is 5.78 Å². The zero-order valence-corrected chi connectivity index (χ0v) is 12.4. The first-order valence-electron chi connectivity index (χ1n) is 7.43. The maximum atomic E-state index is 12.1. The molecule has 3 rings (SSSR count). The maximum absolute atomic E-state index is 12.1. The summed E-state index contributed by atoms with van der Waals surface area (Å²) < 4.78 is 12.0. The van der Waals surface area contributed by atoms with E-state index in [1.807, 2.05) is 6.92 Å². The minimum atomic E-state index is -0.410. The average Bonchev–Trinajstić information content (AvgIpc) is 2.84. The minimum absolute atomic E-state index is 0.0284. The van der Waals surface area contributed by atoms with Crippen molar-refractivity contribution in [3.63, 3.8) is 0 Å². The fourth-order valence-electron chi connectivity index (χ4n) is 4.50. The quantitative estimate of drug-likeness (QED) is 0.674. The molecule has 0 amide bonds. The van der Waals surface area contributed by atoms with Crippen LogP contribution in [0.2, 0.25) is 0 Å². The van der Waals surface area contributed by atoms with Crippen LogP contribution in [0.15, 0.2) is 11.1 Å². The standard InChI is InChI=1S/C16H24O3/c1-10-9-14(17)11(2)13-5-6-16(18-7-8-19-16)12(3)15(10,13)4/h10,12H,5-9H2,1-4H3. The van der Waals surface area contributed by atoms with E-state index < -0.39 is 5.79 Å². The van der Waals surface area contributed by atoms with Crippen LogP contribution in [0.1, 0.15) is 47.0 Å². The second-order valence-electron chi connectivity index (χ2n) is 6.65. The molecule has 0 aromatic rings. The molecule has 3 nitrogen and oxygen atoms in total. The molecule has 1 spiro atoms. The molecule has 3 aliphatic rings. The van der Waals surface area contributed by atoms with Crippen LogP contribution in [0.5, 0.6) is 0 Å². The van der Waals surface area contributed by atoms with Gasteiger partial charge in [0, 0.05) is 18.8 Å². The monoisotopic (exact) mass is 264 g/mol. The van der Waals surface area contributed by atoms with Crippen molar-refractivity contribution in [2.45, 2.75) is 52.7 Å². The van der Waals surface area contributed by atoms with Crippen LogP contribution in [0.4, 0.5) is 0 Å². The molecule has 1 saturated carbocycles. The average molecular weight is 264 g/mol. The van der Waals surface area contributed by atoms with Crippen LogP contribution in [-0.2, 0) is 14.3 Å². The van der Waals surface area contributed by atoms with E-state index in [2.05, 4.69) is 20.8 Å². The van der Waals surface area contributed by atoms with Crippen molar-refractivity contribution in [2.24, 2.45) is 17.3 Å². The van der Waals surface area contributed by atoms with Crippen molar-refractivity contribution in [1.82, 2.24) is 0 Å². The second-order valence-corrected chi connectivity index (χ2v) is 6.65. The lowest BCUT2D eigenvalue weighted by molar-refractivity contribution is -0.233. The molecule has 0 N–H and O–H groups in total. The van der Waals surface area contributed by atoms with Gasteiger partial charge in [0.05, 0.1) is 13.2 Å². The molecule has 3 atom stereocenters. The molecular formula is C16H24O3. The molecule has 1 aliphatic heterocycles. The fourth-order valence-corrected chi connectivity index (χ4v) is 4.50. The van der Waals surface area contributed by atoms with Gasteiger partial charge in [-0.05, 0) is 30.3 Å². The van der Waals surface area contributed by atoms with Crippen LogP contribution in [-0.4, -0.2) is 24.8 Å². The molecule has 0 radical (unpaired) electrons. The molecule has 2 fully saturated rings. The number of ether oxygens (including phenoxy) is 2. The second kappa shape index (κ2) is 4.16. The smallest absolute Gasteiger partial charge is 0.172 e. The van der Waals surface area contributed by atoms with E-state index in [1.165, 1.54) is 5.57 Å². The summed E-state index contributed by atoms with van der Waals surface area (Å²) in [5.74, 6) is 0.576. The highest BCUT2D eigenvalue weighted by atomic mass is 16.7. The third-order valence-electron chi connectivity index (χ3n) is 6.10. The molecule has 0 aromatic carbocycles. The predicted octanol–water partition coefficient (Wildman–Crippen LogP) is 3.09. The van der Waals surface area contributed by atoms with Crippen LogP contribution in [0, 0.1) is 17.3 Å². The van der Waals surface area contributed by atoms with E-state index in [-0.39, 0.29) is 5.41 Å². The van der Waals surface area contributed by atoms with Crippen LogP contribution >= 0.6 is 0 Å². The number of hydrogen-bond acceptors (Lipinski definition) is 3. The largest absolute Gasteiger partial charge is 0.347 e. The Bertz CT molecular complexity index is 445. The Kier molecular flexibility index (Phi) is 2.92. The number of hydrogen-bond donors (Lipinski definition) is 0. The number of Topliss-reactive ketones (excluding diaryl/α,β-unsaturated/α-hetero) is 1. The van der Waals surface area contributed by atoms with Gasteiger partial charge in [-0.1, -0.05) is 26.3 Å². The molecule has 3 heteroatoms. The van der Waals surface area contributed by atoms with E-state index in [0.717, 1.165) is 18.4 Å². The first-order chi connectivity index (χ1) is 8.92. The van der Waals surface area contributed by atoms with E-state index in [0.29, 0.717) is 37.3 Å². The summed E-state index contributed by atoms with van der Waals surface area (Å²) in [6, 6.07) is 0. The zero-order chi connectivity index (χ0) is 13.8. The van der Waals surface area contributed by atoms with Gasteiger partial charge in [0.2, 0.25) is 0 Å². The van der Waals surface area contributed by atoms with E-state index >= 15 is 0 Å². The topological polar surface area (TPSA) is 35.5 Å². The third kappa shape index (κ3) is 1.61. The van der Waals surface area contributed by atoms with Crippen molar-refractivity contribution in [1.29, 1.82) is 0 Å². The first-order valence-corrected chi connectivity index (χ1v) is 7.43. The van der Waals surface area contributed by atoms with Crippen LogP contribution < -0.4 is 0 Å². The molecule has 3 unspecified atom stereocenters. The summed E-state index contributed by atoms with van der Waals surface area (Å²) in [5, 5.41) is 0. The van der Waals surface area contributed by atoms with Gasteiger partial charge in [0.25, 0.3) is 0 Å². The summed E-state index contributed by atoms with van der Waals surface area (Å²) in [7, 11) is 0. The summed E-state index contributed by atoms with van der Waals surface area (Å²) >= 11 is 0. The van der Waals surface area contributed by atoms with Gasteiger partial charge in [-0.15, -0.1) is 0 Å².